The van der Waals surface area contributed by atoms with Gasteiger partial charge in [-0.05, 0) is 24.6 Å². The average Bonchev–Trinajstić information content (AvgIpc) is 3.11. The predicted octanol–water partition coefficient (Wildman–Crippen LogP) is 4.18. The summed E-state index contributed by atoms with van der Waals surface area (Å²) in [4.78, 5) is 1.27. The number of benzene rings is 2. The van der Waals surface area contributed by atoms with E-state index in [9.17, 15) is 0 Å². The van der Waals surface area contributed by atoms with Crippen molar-refractivity contribution in [2.45, 2.75) is 23.4 Å². The molecule has 2 heteroatoms. The van der Waals surface area contributed by atoms with Gasteiger partial charge in [-0.25, -0.2) is 0 Å². The Bertz CT molecular complexity index is 492. The van der Waals surface area contributed by atoms with Crippen LogP contribution in [0, 0.1) is 6.92 Å². The fraction of sp³-hybridized carbons (Fsp3) is 0.200. The maximum atomic E-state index is 5.71. The van der Waals surface area contributed by atoms with Crippen molar-refractivity contribution in [3.63, 3.8) is 0 Å². The Hall–Kier alpha value is -1.25. The molecule has 1 nitrogen and oxygen atoms in total. The van der Waals surface area contributed by atoms with Crippen LogP contribution in [-0.4, -0.2) is 5.44 Å². The van der Waals surface area contributed by atoms with Gasteiger partial charge in [0.25, 0.3) is 0 Å². The van der Waals surface area contributed by atoms with E-state index in [-0.39, 0.29) is 11.5 Å². The van der Waals surface area contributed by atoms with Gasteiger partial charge in [-0.15, -0.1) is 0 Å². The second-order valence-corrected chi connectivity index (χ2v) is 5.44. The standard InChI is InChI=1S/C15H14OS/c1-11-7-9-12(10-8-11)14-15(16-14)17-13-5-3-2-4-6-13/h2-10,14-15H,1H3/t14-,15+/m1/s1. The van der Waals surface area contributed by atoms with Crippen LogP contribution in [0.25, 0.3) is 0 Å². The van der Waals surface area contributed by atoms with E-state index in [1.807, 2.05) is 6.07 Å². The maximum Gasteiger partial charge on any atom is 0.139 e. The molecule has 0 N–H and O–H groups in total. The van der Waals surface area contributed by atoms with Crippen LogP contribution in [0.1, 0.15) is 17.2 Å². The van der Waals surface area contributed by atoms with Crippen LogP contribution < -0.4 is 0 Å². The molecule has 0 bridgehead atoms. The molecule has 1 heterocycles. The topological polar surface area (TPSA) is 12.5 Å². The summed E-state index contributed by atoms with van der Waals surface area (Å²) in [6.07, 6.45) is 0.265. The third-order valence-electron chi connectivity index (χ3n) is 2.85. The van der Waals surface area contributed by atoms with Crippen molar-refractivity contribution in [3.05, 3.63) is 65.7 Å². The highest BCUT2D eigenvalue weighted by molar-refractivity contribution is 8.00. The van der Waals surface area contributed by atoms with Crippen molar-refractivity contribution in [2.75, 3.05) is 0 Å². The zero-order chi connectivity index (χ0) is 11.7. The van der Waals surface area contributed by atoms with Gasteiger partial charge >= 0.3 is 0 Å². The minimum atomic E-state index is 0.265. The fourth-order valence-electron chi connectivity index (χ4n) is 1.81. The van der Waals surface area contributed by atoms with Gasteiger partial charge in [-0.3, -0.25) is 0 Å². The number of rotatable bonds is 3. The summed E-state index contributed by atoms with van der Waals surface area (Å²) in [6.45, 7) is 2.10. The Kier molecular flexibility index (Phi) is 2.91. The van der Waals surface area contributed by atoms with Gasteiger partial charge in [-0.2, -0.15) is 0 Å². The number of ether oxygens (including phenoxy) is 1. The van der Waals surface area contributed by atoms with E-state index in [1.165, 1.54) is 16.0 Å². The summed E-state index contributed by atoms with van der Waals surface area (Å²) in [5, 5.41) is 0. The molecule has 0 amide bonds. The van der Waals surface area contributed by atoms with E-state index in [0.717, 1.165) is 0 Å². The highest BCUT2D eigenvalue weighted by Gasteiger charge is 2.40. The first kappa shape index (κ1) is 10.9. The van der Waals surface area contributed by atoms with Crippen molar-refractivity contribution < 1.29 is 4.74 Å². The number of hydrogen-bond acceptors (Lipinski definition) is 2. The molecule has 17 heavy (non-hydrogen) atoms. The third kappa shape index (κ3) is 2.54. The Labute approximate surface area is 106 Å². The SMILES string of the molecule is Cc1ccc([C@H]2O[C@H]2Sc2ccccc2)cc1. The molecule has 0 saturated carbocycles. The van der Waals surface area contributed by atoms with Crippen LogP contribution in [0.3, 0.4) is 0 Å². The van der Waals surface area contributed by atoms with Gasteiger partial charge in [0, 0.05) is 4.90 Å². The van der Waals surface area contributed by atoms with Crippen LogP contribution in [-0.2, 0) is 4.74 Å². The van der Waals surface area contributed by atoms with E-state index in [2.05, 4.69) is 55.5 Å². The summed E-state index contributed by atoms with van der Waals surface area (Å²) >= 11 is 1.79. The molecule has 1 aliphatic rings. The number of aryl methyl sites for hydroxylation is 1. The molecular formula is C15H14OS. The molecule has 0 aromatic heterocycles. The van der Waals surface area contributed by atoms with E-state index in [0.29, 0.717) is 0 Å². The summed E-state index contributed by atoms with van der Waals surface area (Å²) < 4.78 is 5.71. The van der Waals surface area contributed by atoms with Crippen LogP contribution in [0.5, 0.6) is 0 Å². The number of thioether (sulfide) groups is 1. The van der Waals surface area contributed by atoms with Crippen molar-refractivity contribution in [2.24, 2.45) is 0 Å². The summed E-state index contributed by atoms with van der Waals surface area (Å²) in [5.41, 5.74) is 2.85. The number of hydrogen-bond donors (Lipinski definition) is 0. The van der Waals surface area contributed by atoms with E-state index >= 15 is 0 Å². The zero-order valence-electron chi connectivity index (χ0n) is 9.67. The lowest BCUT2D eigenvalue weighted by molar-refractivity contribution is 0.406. The molecular weight excluding hydrogens is 228 g/mol. The van der Waals surface area contributed by atoms with Gasteiger partial charge in [0.05, 0.1) is 0 Å². The molecule has 86 valence electrons. The average molecular weight is 242 g/mol. The highest BCUT2D eigenvalue weighted by Crippen LogP contribution is 2.48. The normalized spacial score (nSPS) is 22.4. The van der Waals surface area contributed by atoms with Gasteiger partial charge in [0.15, 0.2) is 0 Å². The molecule has 1 saturated heterocycles. The first-order valence-corrected chi connectivity index (χ1v) is 6.64. The smallest absolute Gasteiger partial charge is 0.139 e. The van der Waals surface area contributed by atoms with Crippen molar-refractivity contribution in [3.8, 4) is 0 Å². The molecule has 1 aliphatic heterocycles. The lowest BCUT2D eigenvalue weighted by Crippen LogP contribution is -1.84. The summed E-state index contributed by atoms with van der Waals surface area (Å²) in [5.74, 6) is 0. The lowest BCUT2D eigenvalue weighted by atomic mass is 10.1. The molecule has 0 unspecified atom stereocenters. The third-order valence-corrected chi connectivity index (χ3v) is 3.99. The van der Waals surface area contributed by atoms with Gasteiger partial charge in [0.1, 0.15) is 11.5 Å². The van der Waals surface area contributed by atoms with E-state index < -0.39 is 0 Å². The maximum absolute atomic E-state index is 5.71. The van der Waals surface area contributed by atoms with Gasteiger partial charge in [0.2, 0.25) is 0 Å². The van der Waals surface area contributed by atoms with Crippen molar-refractivity contribution in [1.29, 1.82) is 0 Å². The first-order valence-electron chi connectivity index (χ1n) is 5.77. The second kappa shape index (κ2) is 4.55. The van der Waals surface area contributed by atoms with Gasteiger partial charge < -0.3 is 4.74 Å². The molecule has 0 spiro atoms. The quantitative estimate of drug-likeness (QED) is 0.748. The van der Waals surface area contributed by atoms with Crippen LogP contribution in [0.4, 0.5) is 0 Å². The molecule has 0 aliphatic carbocycles. The summed E-state index contributed by atoms with van der Waals surface area (Å²) in [7, 11) is 0. The molecule has 2 aromatic carbocycles. The second-order valence-electron chi connectivity index (χ2n) is 4.27. The molecule has 1 fully saturated rings. The van der Waals surface area contributed by atoms with E-state index in [4.69, 9.17) is 4.74 Å². The molecule has 2 aromatic rings. The zero-order valence-corrected chi connectivity index (χ0v) is 10.5. The predicted molar refractivity (Wildman–Crippen MR) is 71.1 cm³/mol. The summed E-state index contributed by atoms with van der Waals surface area (Å²) in [6, 6.07) is 19.0. The van der Waals surface area contributed by atoms with Crippen LogP contribution in [0.2, 0.25) is 0 Å². The Morgan fingerprint density at radius 1 is 0.941 bits per heavy atom. The highest BCUT2D eigenvalue weighted by atomic mass is 32.2. The van der Waals surface area contributed by atoms with Crippen LogP contribution in [0.15, 0.2) is 59.5 Å². The monoisotopic (exact) mass is 242 g/mol. The van der Waals surface area contributed by atoms with Crippen molar-refractivity contribution in [1.82, 2.24) is 0 Å². The Morgan fingerprint density at radius 3 is 2.35 bits per heavy atom. The number of epoxide rings is 1. The minimum Gasteiger partial charge on any atom is -0.353 e. The first-order chi connectivity index (χ1) is 8.33. The Morgan fingerprint density at radius 2 is 1.65 bits per heavy atom. The van der Waals surface area contributed by atoms with Gasteiger partial charge in [-0.1, -0.05) is 59.8 Å². The Balaban J connectivity index is 1.65. The molecule has 3 rings (SSSR count). The molecule has 2 atom stereocenters. The fourth-order valence-corrected chi connectivity index (χ4v) is 2.85. The van der Waals surface area contributed by atoms with Crippen LogP contribution >= 0.6 is 11.8 Å². The van der Waals surface area contributed by atoms with Crippen molar-refractivity contribution >= 4 is 11.8 Å². The molecule has 0 radical (unpaired) electrons. The van der Waals surface area contributed by atoms with E-state index in [1.54, 1.807) is 11.8 Å². The largest absolute Gasteiger partial charge is 0.353 e. The minimum absolute atomic E-state index is 0.265. The lowest BCUT2D eigenvalue weighted by Gasteiger charge is -1.98.